The molecule has 3 heterocycles. The van der Waals surface area contributed by atoms with E-state index in [1.807, 2.05) is 31.2 Å². The normalized spacial score (nSPS) is 20.5. The number of aromatic nitrogens is 2. The first-order valence-electron chi connectivity index (χ1n) is 11.2. The van der Waals surface area contributed by atoms with E-state index in [4.69, 9.17) is 11.6 Å². The number of nitrogens with zero attached hydrogens (tertiary/aromatic N) is 5. The summed E-state index contributed by atoms with van der Waals surface area (Å²) in [6.45, 7) is 7.43. The van der Waals surface area contributed by atoms with E-state index < -0.39 is 10.0 Å². The Kier molecular flexibility index (Phi) is 6.78. The first kappa shape index (κ1) is 23.1. The number of halogens is 1. The van der Waals surface area contributed by atoms with Crippen molar-refractivity contribution in [2.24, 2.45) is 5.92 Å². The molecule has 0 saturated carbocycles. The molecule has 0 bridgehead atoms. The van der Waals surface area contributed by atoms with Gasteiger partial charge in [0.05, 0.1) is 16.3 Å². The van der Waals surface area contributed by atoms with E-state index in [9.17, 15) is 13.2 Å². The molecule has 4 rings (SSSR count). The van der Waals surface area contributed by atoms with Crippen LogP contribution < -0.4 is 4.90 Å². The molecular formula is C22H30ClN5O3S. The van der Waals surface area contributed by atoms with Crippen LogP contribution >= 0.6 is 11.6 Å². The number of carbonyl (C=O) groups excluding carboxylic acids is 1. The molecule has 0 aliphatic carbocycles. The van der Waals surface area contributed by atoms with Crippen LogP contribution in [0.2, 0.25) is 5.02 Å². The van der Waals surface area contributed by atoms with Gasteiger partial charge in [-0.1, -0.05) is 30.7 Å². The third-order valence-corrected chi connectivity index (χ3v) is 8.40. The summed E-state index contributed by atoms with van der Waals surface area (Å²) in [5.74, 6) is 0.163. The van der Waals surface area contributed by atoms with Gasteiger partial charge in [0.1, 0.15) is 0 Å². The van der Waals surface area contributed by atoms with Gasteiger partial charge >= 0.3 is 0 Å². The van der Waals surface area contributed by atoms with Crippen LogP contribution in [0.3, 0.4) is 0 Å². The van der Waals surface area contributed by atoms with Crippen LogP contribution in [-0.2, 0) is 16.6 Å². The summed E-state index contributed by atoms with van der Waals surface area (Å²) in [6.07, 6.45) is 3.59. The smallest absolute Gasteiger partial charge is 0.263 e. The molecular weight excluding hydrogens is 450 g/mol. The van der Waals surface area contributed by atoms with Crippen molar-refractivity contribution in [1.29, 1.82) is 0 Å². The molecule has 8 nitrogen and oxygen atoms in total. The number of sulfonamides is 1. The second-order valence-corrected chi connectivity index (χ2v) is 10.8. The molecule has 2 aliphatic heterocycles. The highest BCUT2D eigenvalue weighted by atomic mass is 35.5. The van der Waals surface area contributed by atoms with Crippen molar-refractivity contribution in [2.75, 3.05) is 44.2 Å². The molecule has 2 fully saturated rings. The maximum atomic E-state index is 13.5. The van der Waals surface area contributed by atoms with Gasteiger partial charge in [0.2, 0.25) is 5.03 Å². The summed E-state index contributed by atoms with van der Waals surface area (Å²) < 4.78 is 30.0. The summed E-state index contributed by atoms with van der Waals surface area (Å²) in [5.41, 5.74) is 1.08. The fourth-order valence-electron chi connectivity index (χ4n) is 4.45. The fraction of sp³-hybridized carbons (Fsp3) is 0.545. The Balaban J connectivity index is 1.56. The number of amides is 1. The van der Waals surface area contributed by atoms with E-state index in [1.165, 1.54) is 8.99 Å². The largest absolute Gasteiger partial charge is 0.368 e. The van der Waals surface area contributed by atoms with Gasteiger partial charge in [-0.25, -0.2) is 8.42 Å². The second kappa shape index (κ2) is 9.41. The number of likely N-dealkylation sites (tertiary alicyclic amines) is 1. The minimum absolute atomic E-state index is 0.131. The number of aryl methyl sites for hydroxylation is 1. The Bertz CT molecular complexity index is 1080. The number of benzene rings is 1. The highest BCUT2D eigenvalue weighted by Gasteiger charge is 2.36. The molecule has 10 heteroatoms. The molecule has 0 spiro atoms. The van der Waals surface area contributed by atoms with Gasteiger partial charge in [0.25, 0.3) is 15.9 Å². The van der Waals surface area contributed by atoms with Gasteiger partial charge < -0.3 is 9.80 Å². The number of piperidine rings is 1. The van der Waals surface area contributed by atoms with Crippen LogP contribution in [-0.4, -0.2) is 72.6 Å². The zero-order valence-electron chi connectivity index (χ0n) is 18.6. The highest BCUT2D eigenvalue weighted by molar-refractivity contribution is 7.89. The van der Waals surface area contributed by atoms with Crippen molar-refractivity contribution in [3.8, 4) is 0 Å². The minimum Gasteiger partial charge on any atom is -0.368 e. The van der Waals surface area contributed by atoms with Crippen molar-refractivity contribution in [3.05, 3.63) is 41.0 Å². The van der Waals surface area contributed by atoms with Crippen molar-refractivity contribution < 1.29 is 13.2 Å². The fourth-order valence-corrected chi connectivity index (χ4v) is 6.22. The van der Waals surface area contributed by atoms with Crippen LogP contribution in [0.25, 0.3) is 0 Å². The number of hydrogen-bond donors (Lipinski definition) is 0. The van der Waals surface area contributed by atoms with Gasteiger partial charge in [-0.2, -0.15) is 9.40 Å². The molecule has 32 heavy (non-hydrogen) atoms. The molecule has 2 aromatic rings. The van der Waals surface area contributed by atoms with Gasteiger partial charge in [0.15, 0.2) is 0 Å². The first-order valence-corrected chi connectivity index (χ1v) is 13.0. The van der Waals surface area contributed by atoms with Crippen molar-refractivity contribution in [1.82, 2.24) is 19.0 Å². The number of piperazine rings is 1. The Hall–Kier alpha value is -2.10. The summed E-state index contributed by atoms with van der Waals surface area (Å²) in [4.78, 5) is 17.1. The number of rotatable bonds is 5. The van der Waals surface area contributed by atoms with Gasteiger partial charge in [-0.05, 0) is 37.8 Å². The topological polar surface area (TPSA) is 78.8 Å². The lowest BCUT2D eigenvalue weighted by atomic mass is 10.00. The van der Waals surface area contributed by atoms with E-state index in [0.717, 1.165) is 18.5 Å². The van der Waals surface area contributed by atoms with Crippen LogP contribution in [0.5, 0.6) is 0 Å². The van der Waals surface area contributed by atoms with E-state index in [2.05, 4.69) is 16.9 Å². The monoisotopic (exact) mass is 479 g/mol. The second-order valence-electron chi connectivity index (χ2n) is 8.54. The molecule has 0 radical (unpaired) electrons. The summed E-state index contributed by atoms with van der Waals surface area (Å²) in [7, 11) is -3.90. The Morgan fingerprint density at radius 3 is 2.53 bits per heavy atom. The van der Waals surface area contributed by atoms with Gasteiger partial charge in [-0.3, -0.25) is 9.48 Å². The molecule has 0 unspecified atom stereocenters. The Morgan fingerprint density at radius 1 is 1.16 bits per heavy atom. The number of carbonyl (C=O) groups is 1. The standard InChI is InChI=1S/C22H30ClN5O3S/c1-3-27-16-18(22(29)26-10-6-7-17(2)15-26)21(24-27)32(30,31)28-13-11-25(12-14-28)20-9-5-4-8-19(20)23/h4-5,8-9,16-17H,3,6-7,10-15H2,1-2H3/t17-/m0/s1. The van der Waals surface area contributed by atoms with Gasteiger partial charge in [0, 0.05) is 52.0 Å². The van der Waals surface area contributed by atoms with Crippen molar-refractivity contribution in [2.45, 2.75) is 38.3 Å². The van der Waals surface area contributed by atoms with Crippen LogP contribution in [0, 0.1) is 5.92 Å². The first-order chi connectivity index (χ1) is 15.3. The Morgan fingerprint density at radius 2 is 1.88 bits per heavy atom. The number of anilines is 1. The van der Waals surface area contributed by atoms with Crippen molar-refractivity contribution >= 4 is 33.2 Å². The van der Waals surface area contributed by atoms with Crippen molar-refractivity contribution in [3.63, 3.8) is 0 Å². The average Bonchev–Trinajstić information content (AvgIpc) is 3.24. The lowest BCUT2D eigenvalue weighted by Crippen LogP contribution is -2.49. The van der Waals surface area contributed by atoms with E-state index in [1.54, 1.807) is 11.1 Å². The molecule has 2 aliphatic rings. The summed E-state index contributed by atoms with van der Waals surface area (Å²) in [5, 5.41) is 4.82. The average molecular weight is 480 g/mol. The minimum atomic E-state index is -3.90. The zero-order valence-corrected chi connectivity index (χ0v) is 20.1. The maximum absolute atomic E-state index is 13.5. The van der Waals surface area contributed by atoms with E-state index in [0.29, 0.717) is 56.8 Å². The predicted molar refractivity (Wildman–Crippen MR) is 125 cm³/mol. The zero-order chi connectivity index (χ0) is 22.9. The highest BCUT2D eigenvalue weighted by Crippen LogP contribution is 2.28. The third kappa shape index (κ3) is 4.51. The van der Waals surface area contributed by atoms with Crippen LogP contribution in [0.1, 0.15) is 37.0 Å². The van der Waals surface area contributed by atoms with E-state index >= 15 is 0 Å². The maximum Gasteiger partial charge on any atom is 0.263 e. The van der Waals surface area contributed by atoms with Gasteiger partial charge in [-0.15, -0.1) is 0 Å². The third-order valence-electron chi connectivity index (χ3n) is 6.24. The predicted octanol–water partition coefficient (Wildman–Crippen LogP) is 2.94. The Labute approximate surface area is 194 Å². The summed E-state index contributed by atoms with van der Waals surface area (Å²) >= 11 is 6.31. The van der Waals surface area contributed by atoms with Crippen LogP contribution in [0.15, 0.2) is 35.5 Å². The molecule has 2 saturated heterocycles. The lowest BCUT2D eigenvalue weighted by Gasteiger charge is -2.35. The lowest BCUT2D eigenvalue weighted by molar-refractivity contribution is 0.0679. The van der Waals surface area contributed by atoms with E-state index in [-0.39, 0.29) is 16.5 Å². The molecule has 0 N–H and O–H groups in total. The molecule has 1 atom stereocenters. The number of para-hydroxylation sites is 1. The molecule has 174 valence electrons. The number of hydrogen-bond acceptors (Lipinski definition) is 5. The molecule has 1 aromatic carbocycles. The quantitative estimate of drug-likeness (QED) is 0.658. The summed E-state index contributed by atoms with van der Waals surface area (Å²) in [6, 6.07) is 7.56. The molecule has 1 aromatic heterocycles. The van der Waals surface area contributed by atoms with Crippen LogP contribution in [0.4, 0.5) is 5.69 Å². The molecule has 1 amide bonds. The SMILES string of the molecule is CCn1cc(C(=O)N2CCC[C@H](C)C2)c(S(=O)(=O)N2CCN(c3ccccc3Cl)CC2)n1.